The molecule has 0 bridgehead atoms. The summed E-state index contributed by atoms with van der Waals surface area (Å²) in [6.07, 6.45) is 1.15. The number of aromatic nitrogens is 1. The molecule has 0 aliphatic heterocycles. The van der Waals surface area contributed by atoms with Crippen LogP contribution in [0.5, 0.6) is 0 Å². The molecule has 5 nitrogen and oxygen atoms in total. The van der Waals surface area contributed by atoms with Gasteiger partial charge in [0.1, 0.15) is 0 Å². The van der Waals surface area contributed by atoms with Gasteiger partial charge in [0.05, 0.1) is 10.5 Å². The van der Waals surface area contributed by atoms with Gasteiger partial charge in [-0.1, -0.05) is 18.2 Å². The molecule has 0 aliphatic rings. The topological polar surface area (TPSA) is 68.2 Å². The summed E-state index contributed by atoms with van der Waals surface area (Å²) in [5.74, 6) is -0.229. The van der Waals surface area contributed by atoms with Crippen molar-refractivity contribution >= 4 is 21.4 Å². The van der Waals surface area contributed by atoms with Crippen LogP contribution in [0.1, 0.15) is 21.7 Å². The van der Waals surface area contributed by atoms with Gasteiger partial charge in [-0.05, 0) is 56.3 Å². The van der Waals surface area contributed by atoms with Crippen LogP contribution in [0.25, 0.3) is 5.69 Å². The molecule has 0 radical (unpaired) electrons. The number of anilines is 1. The second-order valence-electron chi connectivity index (χ2n) is 6.21. The zero-order chi connectivity index (χ0) is 18.9. The highest BCUT2D eigenvalue weighted by Crippen LogP contribution is 2.22. The molecule has 1 amide bonds. The largest absolute Gasteiger partial charge is 0.322 e. The van der Waals surface area contributed by atoms with E-state index in [-0.39, 0.29) is 10.8 Å². The summed E-state index contributed by atoms with van der Waals surface area (Å²) >= 11 is 0. The molecule has 1 N–H and O–H groups in total. The maximum absolute atomic E-state index is 12.7. The summed E-state index contributed by atoms with van der Waals surface area (Å²) in [5.41, 5.74) is 3.94. The highest BCUT2D eigenvalue weighted by Gasteiger charge is 2.17. The number of sulfone groups is 1. The summed E-state index contributed by atoms with van der Waals surface area (Å²) in [6.45, 7) is 3.86. The van der Waals surface area contributed by atoms with Gasteiger partial charge in [-0.15, -0.1) is 0 Å². The third-order valence-electron chi connectivity index (χ3n) is 4.23. The Kier molecular flexibility index (Phi) is 4.70. The lowest BCUT2D eigenvalue weighted by molar-refractivity contribution is 0.102. The Bertz CT molecular complexity index is 1050. The number of nitrogens with zero attached hydrogens (tertiary/aromatic N) is 1. The number of para-hydroxylation sites is 1. The SMILES string of the molecule is Cc1cc(C(=O)Nc2ccc(S(C)(=O)=O)cc2)c(C)n1-c1ccccc1. The smallest absolute Gasteiger partial charge is 0.257 e. The van der Waals surface area contributed by atoms with Crippen LogP contribution in [0, 0.1) is 13.8 Å². The number of carbonyl (C=O) groups is 1. The number of nitrogens with one attached hydrogen (secondary N) is 1. The monoisotopic (exact) mass is 368 g/mol. The predicted octanol–water partition coefficient (Wildman–Crippen LogP) is 3.75. The Balaban J connectivity index is 1.87. The Labute approximate surface area is 153 Å². The second-order valence-corrected chi connectivity index (χ2v) is 8.22. The molecule has 0 saturated heterocycles. The van der Waals surface area contributed by atoms with Crippen molar-refractivity contribution in [2.24, 2.45) is 0 Å². The van der Waals surface area contributed by atoms with Gasteiger partial charge >= 0.3 is 0 Å². The lowest BCUT2D eigenvalue weighted by Crippen LogP contribution is -2.13. The number of aryl methyl sites for hydroxylation is 1. The van der Waals surface area contributed by atoms with E-state index in [9.17, 15) is 13.2 Å². The molecule has 2 aromatic carbocycles. The van der Waals surface area contributed by atoms with Crippen LogP contribution in [0.15, 0.2) is 65.6 Å². The zero-order valence-corrected chi connectivity index (χ0v) is 15.7. The van der Waals surface area contributed by atoms with Crippen molar-refractivity contribution in [2.45, 2.75) is 18.7 Å². The van der Waals surface area contributed by atoms with Gasteiger partial charge in [0.15, 0.2) is 9.84 Å². The number of hydrogen-bond donors (Lipinski definition) is 1. The third-order valence-corrected chi connectivity index (χ3v) is 5.36. The van der Waals surface area contributed by atoms with Gasteiger partial charge in [-0.25, -0.2) is 8.42 Å². The third kappa shape index (κ3) is 3.55. The highest BCUT2D eigenvalue weighted by molar-refractivity contribution is 7.90. The second kappa shape index (κ2) is 6.80. The molecule has 3 aromatic rings. The standard InChI is InChI=1S/C20H20N2O3S/c1-14-13-19(15(2)22(14)17-7-5-4-6-8-17)20(23)21-16-9-11-18(12-10-16)26(3,24)25/h4-13H,1-3H3,(H,21,23). The highest BCUT2D eigenvalue weighted by atomic mass is 32.2. The quantitative estimate of drug-likeness (QED) is 0.762. The van der Waals surface area contributed by atoms with Crippen molar-refractivity contribution in [1.29, 1.82) is 0 Å². The summed E-state index contributed by atoms with van der Waals surface area (Å²) in [6, 6.07) is 17.8. The Morgan fingerprint density at radius 2 is 1.58 bits per heavy atom. The molecule has 1 heterocycles. The van der Waals surface area contributed by atoms with Crippen molar-refractivity contribution in [1.82, 2.24) is 4.57 Å². The first kappa shape index (κ1) is 17.9. The van der Waals surface area contributed by atoms with E-state index in [4.69, 9.17) is 0 Å². The first-order valence-corrected chi connectivity index (χ1v) is 10.0. The molecule has 1 aromatic heterocycles. The van der Waals surface area contributed by atoms with Gasteiger partial charge in [-0.2, -0.15) is 0 Å². The van der Waals surface area contributed by atoms with Gasteiger partial charge in [0.25, 0.3) is 5.91 Å². The zero-order valence-electron chi connectivity index (χ0n) is 14.9. The maximum atomic E-state index is 12.7. The Hall–Kier alpha value is -2.86. The number of hydrogen-bond acceptors (Lipinski definition) is 3. The van der Waals surface area contributed by atoms with Gasteiger partial charge in [0.2, 0.25) is 0 Å². The van der Waals surface area contributed by atoms with Crippen molar-refractivity contribution in [3.8, 4) is 5.69 Å². The molecule has 0 fully saturated rings. The maximum Gasteiger partial charge on any atom is 0.257 e. The van der Waals surface area contributed by atoms with Gasteiger partial charge < -0.3 is 9.88 Å². The molecule has 26 heavy (non-hydrogen) atoms. The fourth-order valence-corrected chi connectivity index (χ4v) is 3.58. The summed E-state index contributed by atoms with van der Waals surface area (Å²) < 4.78 is 25.1. The first-order valence-electron chi connectivity index (χ1n) is 8.13. The van der Waals surface area contributed by atoms with E-state index in [0.717, 1.165) is 23.3 Å². The summed E-state index contributed by atoms with van der Waals surface area (Å²) in [5, 5.41) is 2.82. The van der Waals surface area contributed by atoms with Crippen molar-refractivity contribution in [2.75, 3.05) is 11.6 Å². The predicted molar refractivity (Wildman–Crippen MR) is 103 cm³/mol. The first-order chi connectivity index (χ1) is 12.3. The Morgan fingerprint density at radius 1 is 0.962 bits per heavy atom. The normalized spacial score (nSPS) is 11.3. The fourth-order valence-electron chi connectivity index (χ4n) is 2.95. The van der Waals surface area contributed by atoms with Crippen LogP contribution in [0.3, 0.4) is 0 Å². The molecule has 0 aliphatic carbocycles. The van der Waals surface area contributed by atoms with E-state index in [1.165, 1.54) is 12.1 Å². The minimum atomic E-state index is -3.26. The van der Waals surface area contributed by atoms with E-state index in [1.54, 1.807) is 12.1 Å². The Morgan fingerprint density at radius 3 is 2.15 bits per heavy atom. The molecule has 0 unspecified atom stereocenters. The molecular formula is C20H20N2O3S. The molecule has 0 spiro atoms. The number of carbonyl (C=O) groups excluding carboxylic acids is 1. The summed E-state index contributed by atoms with van der Waals surface area (Å²) in [7, 11) is -3.26. The van der Waals surface area contributed by atoms with Crippen LogP contribution >= 0.6 is 0 Å². The van der Waals surface area contributed by atoms with E-state index < -0.39 is 9.84 Å². The molecule has 0 saturated carbocycles. The van der Waals surface area contributed by atoms with Gasteiger partial charge in [0, 0.05) is 29.0 Å². The van der Waals surface area contributed by atoms with E-state index >= 15 is 0 Å². The van der Waals surface area contributed by atoms with Crippen LogP contribution < -0.4 is 5.32 Å². The molecule has 0 atom stereocenters. The van der Waals surface area contributed by atoms with E-state index in [2.05, 4.69) is 5.32 Å². The molecule has 6 heteroatoms. The van der Waals surface area contributed by atoms with Crippen LogP contribution in [0.4, 0.5) is 5.69 Å². The lowest BCUT2D eigenvalue weighted by atomic mass is 10.2. The molecule has 134 valence electrons. The van der Waals surface area contributed by atoms with Crippen LogP contribution in [0.2, 0.25) is 0 Å². The minimum Gasteiger partial charge on any atom is -0.322 e. The lowest BCUT2D eigenvalue weighted by Gasteiger charge is -2.10. The summed E-state index contributed by atoms with van der Waals surface area (Å²) in [4.78, 5) is 12.9. The average Bonchev–Trinajstić information content (AvgIpc) is 2.90. The van der Waals surface area contributed by atoms with E-state index in [0.29, 0.717) is 11.3 Å². The number of benzene rings is 2. The van der Waals surface area contributed by atoms with E-state index in [1.807, 2.05) is 54.8 Å². The number of amides is 1. The van der Waals surface area contributed by atoms with Crippen molar-refractivity contribution in [3.63, 3.8) is 0 Å². The molecule has 3 rings (SSSR count). The van der Waals surface area contributed by atoms with Gasteiger partial charge in [-0.3, -0.25) is 4.79 Å². The fraction of sp³-hybridized carbons (Fsp3) is 0.150. The minimum absolute atomic E-state index is 0.220. The molecular weight excluding hydrogens is 348 g/mol. The van der Waals surface area contributed by atoms with Crippen molar-refractivity contribution < 1.29 is 13.2 Å². The number of rotatable bonds is 4. The van der Waals surface area contributed by atoms with Crippen LogP contribution in [-0.2, 0) is 9.84 Å². The van der Waals surface area contributed by atoms with Crippen LogP contribution in [-0.4, -0.2) is 25.1 Å². The van der Waals surface area contributed by atoms with Crippen molar-refractivity contribution in [3.05, 3.63) is 77.6 Å². The average molecular weight is 368 g/mol.